The van der Waals surface area contributed by atoms with E-state index < -0.39 is 10.0 Å². The summed E-state index contributed by atoms with van der Waals surface area (Å²) in [6.45, 7) is 5.63. The minimum absolute atomic E-state index is 0.120. The Labute approximate surface area is 97.9 Å². The Balaban J connectivity index is 2.87. The van der Waals surface area contributed by atoms with Gasteiger partial charge in [-0.2, -0.15) is 0 Å². The van der Waals surface area contributed by atoms with Gasteiger partial charge in [-0.05, 0) is 25.8 Å². The molecule has 1 N–H and O–H groups in total. The first-order valence-electron chi connectivity index (χ1n) is 5.55. The summed E-state index contributed by atoms with van der Waals surface area (Å²) < 4.78 is 25.7. The molecule has 0 amide bonds. The van der Waals surface area contributed by atoms with E-state index in [4.69, 9.17) is 0 Å². The minimum atomic E-state index is -3.14. The molecule has 1 aromatic rings. The number of aryl methyl sites for hydroxylation is 1. The molecule has 0 aliphatic heterocycles. The van der Waals surface area contributed by atoms with Gasteiger partial charge >= 0.3 is 0 Å². The molecule has 0 heterocycles. The molecule has 0 radical (unpaired) electrons. The van der Waals surface area contributed by atoms with Gasteiger partial charge in [0.2, 0.25) is 10.0 Å². The molecule has 0 aliphatic carbocycles. The van der Waals surface area contributed by atoms with Gasteiger partial charge in [-0.3, -0.25) is 0 Å². The Morgan fingerprint density at radius 2 is 1.75 bits per heavy atom. The third-order valence-electron chi connectivity index (χ3n) is 2.59. The number of nitrogens with one attached hydrogen (secondary N) is 1. The molecule has 16 heavy (non-hydrogen) atoms. The molecule has 1 atom stereocenters. The zero-order valence-corrected chi connectivity index (χ0v) is 10.8. The number of hydrogen-bond donors (Lipinski definition) is 1. The second-order valence-corrected chi connectivity index (χ2v) is 5.94. The largest absolute Gasteiger partial charge is 0.212 e. The van der Waals surface area contributed by atoms with E-state index in [9.17, 15) is 8.42 Å². The second-order valence-electron chi connectivity index (χ2n) is 3.89. The maximum Gasteiger partial charge on any atom is 0.211 e. The summed E-state index contributed by atoms with van der Waals surface area (Å²) in [6, 6.07) is 7.82. The topological polar surface area (TPSA) is 46.2 Å². The molecule has 4 heteroatoms. The maximum absolute atomic E-state index is 11.5. The summed E-state index contributed by atoms with van der Waals surface area (Å²) in [7, 11) is -3.14. The normalized spacial score (nSPS) is 13.7. The smallest absolute Gasteiger partial charge is 0.211 e. The average Bonchev–Trinajstić information content (AvgIpc) is 2.27. The lowest BCUT2D eigenvalue weighted by Crippen LogP contribution is -2.29. The lowest BCUT2D eigenvalue weighted by molar-refractivity contribution is 0.551. The Morgan fingerprint density at radius 1 is 1.19 bits per heavy atom. The van der Waals surface area contributed by atoms with Gasteiger partial charge < -0.3 is 0 Å². The van der Waals surface area contributed by atoms with Crippen molar-refractivity contribution in [2.45, 2.75) is 33.2 Å². The van der Waals surface area contributed by atoms with Crippen LogP contribution in [0.15, 0.2) is 24.3 Å². The van der Waals surface area contributed by atoms with Crippen LogP contribution in [0.3, 0.4) is 0 Å². The van der Waals surface area contributed by atoms with Gasteiger partial charge in [0.15, 0.2) is 0 Å². The second kappa shape index (κ2) is 5.46. The van der Waals surface area contributed by atoms with Gasteiger partial charge in [0.1, 0.15) is 0 Å². The van der Waals surface area contributed by atoms with Crippen molar-refractivity contribution in [3.63, 3.8) is 0 Å². The van der Waals surface area contributed by atoms with Crippen LogP contribution in [0.4, 0.5) is 0 Å². The lowest BCUT2D eigenvalue weighted by Gasteiger charge is -2.17. The van der Waals surface area contributed by atoms with E-state index in [-0.39, 0.29) is 11.8 Å². The Kier molecular flexibility index (Phi) is 4.50. The number of sulfonamides is 1. The molecule has 0 aliphatic rings. The van der Waals surface area contributed by atoms with Crippen LogP contribution in [0.25, 0.3) is 0 Å². The maximum atomic E-state index is 11.5. The van der Waals surface area contributed by atoms with Gasteiger partial charge in [-0.15, -0.1) is 0 Å². The summed E-state index contributed by atoms with van der Waals surface area (Å²) in [5, 5.41) is 0. The van der Waals surface area contributed by atoms with Gasteiger partial charge in [0, 0.05) is 6.04 Å². The van der Waals surface area contributed by atoms with Gasteiger partial charge in [0.25, 0.3) is 0 Å². The van der Waals surface area contributed by atoms with Crippen molar-refractivity contribution in [2.75, 3.05) is 5.75 Å². The summed E-state index contributed by atoms with van der Waals surface area (Å²) in [5.74, 6) is 0.120. The molecule has 0 unspecified atom stereocenters. The third-order valence-corrected chi connectivity index (χ3v) is 3.99. The highest BCUT2D eigenvalue weighted by atomic mass is 32.2. The fourth-order valence-corrected chi connectivity index (χ4v) is 2.39. The van der Waals surface area contributed by atoms with Crippen molar-refractivity contribution in [1.29, 1.82) is 0 Å². The number of hydrogen-bond acceptors (Lipinski definition) is 2. The van der Waals surface area contributed by atoms with Crippen LogP contribution in [0, 0.1) is 6.92 Å². The van der Waals surface area contributed by atoms with E-state index in [1.807, 2.05) is 38.1 Å². The van der Waals surface area contributed by atoms with Crippen LogP contribution in [0.5, 0.6) is 0 Å². The standard InChI is InChI=1S/C12H19NO2S/c1-4-12(13-16(14,15)5-2)11-8-6-10(3)7-9-11/h6-9,12-13H,4-5H2,1-3H3/t12-/m1/s1. The van der Waals surface area contributed by atoms with Crippen LogP contribution in [0.1, 0.15) is 37.4 Å². The average molecular weight is 241 g/mol. The van der Waals surface area contributed by atoms with E-state index in [1.54, 1.807) is 6.92 Å². The number of benzene rings is 1. The van der Waals surface area contributed by atoms with Crippen molar-refractivity contribution < 1.29 is 8.42 Å². The zero-order valence-electron chi connectivity index (χ0n) is 10.0. The fourth-order valence-electron chi connectivity index (χ4n) is 1.49. The van der Waals surface area contributed by atoms with Crippen molar-refractivity contribution in [1.82, 2.24) is 4.72 Å². The summed E-state index contributed by atoms with van der Waals surface area (Å²) in [5.41, 5.74) is 2.20. The Bertz CT molecular complexity index is 423. The van der Waals surface area contributed by atoms with E-state index in [2.05, 4.69) is 4.72 Å². The molecule has 0 fully saturated rings. The fraction of sp³-hybridized carbons (Fsp3) is 0.500. The number of rotatable bonds is 5. The minimum Gasteiger partial charge on any atom is -0.212 e. The third kappa shape index (κ3) is 3.61. The zero-order chi connectivity index (χ0) is 12.2. The SMILES string of the molecule is CC[C@@H](NS(=O)(=O)CC)c1ccc(C)cc1. The highest BCUT2D eigenvalue weighted by Gasteiger charge is 2.15. The quantitative estimate of drug-likeness (QED) is 0.860. The molecular formula is C12H19NO2S. The monoisotopic (exact) mass is 241 g/mol. The molecule has 0 aromatic heterocycles. The molecule has 0 saturated carbocycles. The lowest BCUT2D eigenvalue weighted by atomic mass is 10.0. The summed E-state index contributed by atoms with van der Waals surface area (Å²) >= 11 is 0. The van der Waals surface area contributed by atoms with E-state index in [0.29, 0.717) is 0 Å². The highest BCUT2D eigenvalue weighted by molar-refractivity contribution is 7.89. The van der Waals surface area contributed by atoms with Crippen LogP contribution in [-0.4, -0.2) is 14.2 Å². The van der Waals surface area contributed by atoms with Crippen molar-refractivity contribution in [3.8, 4) is 0 Å². The first kappa shape index (κ1) is 13.2. The van der Waals surface area contributed by atoms with Crippen LogP contribution in [-0.2, 0) is 10.0 Å². The van der Waals surface area contributed by atoms with Gasteiger partial charge in [0.05, 0.1) is 5.75 Å². The van der Waals surface area contributed by atoms with Crippen molar-refractivity contribution in [3.05, 3.63) is 35.4 Å². The first-order chi connectivity index (χ1) is 7.48. The molecular weight excluding hydrogens is 222 g/mol. The van der Waals surface area contributed by atoms with Crippen LogP contribution >= 0.6 is 0 Å². The molecule has 0 spiro atoms. The van der Waals surface area contributed by atoms with E-state index >= 15 is 0 Å². The van der Waals surface area contributed by atoms with E-state index in [1.165, 1.54) is 5.56 Å². The van der Waals surface area contributed by atoms with Gasteiger partial charge in [-0.25, -0.2) is 13.1 Å². The predicted octanol–water partition coefficient (Wildman–Crippen LogP) is 2.39. The molecule has 0 bridgehead atoms. The van der Waals surface area contributed by atoms with Gasteiger partial charge in [-0.1, -0.05) is 36.8 Å². The molecule has 1 aromatic carbocycles. The van der Waals surface area contributed by atoms with Crippen LogP contribution in [0.2, 0.25) is 0 Å². The molecule has 90 valence electrons. The van der Waals surface area contributed by atoms with Crippen molar-refractivity contribution >= 4 is 10.0 Å². The van der Waals surface area contributed by atoms with Crippen LogP contribution < -0.4 is 4.72 Å². The Hall–Kier alpha value is -0.870. The Morgan fingerprint density at radius 3 is 2.19 bits per heavy atom. The van der Waals surface area contributed by atoms with E-state index in [0.717, 1.165) is 12.0 Å². The highest BCUT2D eigenvalue weighted by Crippen LogP contribution is 2.18. The first-order valence-corrected chi connectivity index (χ1v) is 7.20. The van der Waals surface area contributed by atoms with Crippen molar-refractivity contribution in [2.24, 2.45) is 0 Å². The molecule has 0 saturated heterocycles. The summed E-state index contributed by atoms with van der Waals surface area (Å²) in [6.07, 6.45) is 0.752. The molecule has 3 nitrogen and oxygen atoms in total. The summed E-state index contributed by atoms with van der Waals surface area (Å²) in [4.78, 5) is 0. The molecule has 1 rings (SSSR count). The predicted molar refractivity (Wildman–Crippen MR) is 66.8 cm³/mol.